The number of H-pyrrole nitrogens is 1. The van der Waals surface area contributed by atoms with Gasteiger partial charge in [0, 0.05) is 11.1 Å². The number of aromatic amines is 1. The molecule has 3 rings (SSSR count). The first kappa shape index (κ1) is 16.8. The number of nitrogens with zero attached hydrogens (tertiary/aromatic N) is 1. The molecule has 1 heterocycles. The number of aromatic nitrogens is 2. The number of benzene rings is 2. The van der Waals surface area contributed by atoms with Crippen LogP contribution in [0.15, 0.2) is 47.3 Å². The number of halogens is 3. The highest BCUT2D eigenvalue weighted by atomic mass is 19.4. The number of alkyl halides is 3. The zero-order valence-electron chi connectivity index (χ0n) is 12.6. The van der Waals surface area contributed by atoms with Crippen molar-refractivity contribution in [3.05, 3.63) is 63.9 Å². The van der Waals surface area contributed by atoms with E-state index in [0.717, 1.165) is 12.1 Å². The monoisotopic (exact) mass is 348 g/mol. The molecule has 2 N–H and O–H groups in total. The van der Waals surface area contributed by atoms with Crippen LogP contribution < -0.4 is 5.56 Å². The van der Waals surface area contributed by atoms with Crippen molar-refractivity contribution in [2.24, 2.45) is 0 Å². The Bertz CT molecular complexity index is 1030. The molecule has 5 nitrogen and oxygen atoms in total. The van der Waals surface area contributed by atoms with E-state index >= 15 is 0 Å². The summed E-state index contributed by atoms with van der Waals surface area (Å²) in [5, 5.41) is 9.10. The van der Waals surface area contributed by atoms with Gasteiger partial charge in [-0.05, 0) is 24.3 Å². The number of rotatable bonds is 3. The molecule has 0 fully saturated rings. The number of aliphatic hydroxyl groups is 1. The van der Waals surface area contributed by atoms with Gasteiger partial charge in [-0.2, -0.15) is 13.2 Å². The highest BCUT2D eigenvalue weighted by Gasteiger charge is 2.30. The van der Waals surface area contributed by atoms with Crippen molar-refractivity contribution in [1.29, 1.82) is 0 Å². The Balaban J connectivity index is 2.17. The summed E-state index contributed by atoms with van der Waals surface area (Å²) in [7, 11) is 0. The van der Waals surface area contributed by atoms with Gasteiger partial charge in [-0.3, -0.25) is 9.59 Å². The first-order chi connectivity index (χ1) is 11.8. The summed E-state index contributed by atoms with van der Waals surface area (Å²) < 4.78 is 38.5. The summed E-state index contributed by atoms with van der Waals surface area (Å²) >= 11 is 0. The minimum atomic E-state index is -4.52. The lowest BCUT2D eigenvalue weighted by atomic mass is 10.1. The Hall–Kier alpha value is -3.00. The number of hydrogen-bond donors (Lipinski definition) is 2. The average molecular weight is 348 g/mol. The third-order valence-corrected chi connectivity index (χ3v) is 3.64. The fourth-order valence-electron chi connectivity index (χ4n) is 2.38. The first-order valence-electron chi connectivity index (χ1n) is 7.15. The van der Waals surface area contributed by atoms with Gasteiger partial charge in [0.1, 0.15) is 12.4 Å². The molecule has 0 unspecified atom stereocenters. The van der Waals surface area contributed by atoms with Crippen LogP contribution in [0.5, 0.6) is 0 Å². The Morgan fingerprint density at radius 1 is 1.16 bits per heavy atom. The summed E-state index contributed by atoms with van der Waals surface area (Å²) in [5.41, 5.74) is -1.01. The van der Waals surface area contributed by atoms with Crippen LogP contribution in [0, 0.1) is 0 Å². The fraction of sp³-hybridized carbons (Fsp3) is 0.118. The largest absolute Gasteiger partial charge is 0.416 e. The van der Waals surface area contributed by atoms with E-state index in [1.54, 1.807) is 0 Å². The van der Waals surface area contributed by atoms with Crippen molar-refractivity contribution >= 4 is 16.7 Å². The number of fused-ring (bicyclic) bond motifs is 1. The molecule has 0 saturated carbocycles. The average Bonchev–Trinajstić information content (AvgIpc) is 2.59. The van der Waals surface area contributed by atoms with Crippen molar-refractivity contribution < 1.29 is 23.1 Å². The highest BCUT2D eigenvalue weighted by molar-refractivity contribution is 5.99. The molecule has 0 spiro atoms. The molecule has 0 aliphatic heterocycles. The second kappa shape index (κ2) is 6.14. The maximum absolute atomic E-state index is 12.8. The Labute approximate surface area is 138 Å². The SMILES string of the molecule is O=C(CO)c1ccc2c(=O)[nH]c(-c3cccc(C(F)(F)F)c3)nc2c1. The number of carbonyl (C=O) groups excluding carboxylic acids is 1. The minimum absolute atomic E-state index is 0.0443. The molecule has 2 aromatic carbocycles. The summed E-state index contributed by atoms with van der Waals surface area (Å²) in [5.74, 6) is -0.596. The topological polar surface area (TPSA) is 83.0 Å². The van der Waals surface area contributed by atoms with E-state index in [1.807, 2.05) is 0 Å². The van der Waals surface area contributed by atoms with E-state index in [1.165, 1.54) is 30.3 Å². The third kappa shape index (κ3) is 3.29. The van der Waals surface area contributed by atoms with Gasteiger partial charge < -0.3 is 10.1 Å². The molecule has 25 heavy (non-hydrogen) atoms. The van der Waals surface area contributed by atoms with Crippen molar-refractivity contribution in [3.63, 3.8) is 0 Å². The number of ketones is 1. The van der Waals surface area contributed by atoms with E-state index in [4.69, 9.17) is 5.11 Å². The number of carbonyl (C=O) groups is 1. The standard InChI is InChI=1S/C17H11F3N2O3/c18-17(19,20)11-3-1-2-10(6-11)15-21-13-7-9(14(24)8-23)4-5-12(13)16(25)22-15/h1-7,23H,8H2,(H,21,22,25). The smallest absolute Gasteiger partial charge is 0.388 e. The molecule has 3 aromatic rings. The molecule has 0 aliphatic rings. The second-order valence-electron chi connectivity index (χ2n) is 5.31. The van der Waals surface area contributed by atoms with E-state index < -0.39 is 29.7 Å². The van der Waals surface area contributed by atoms with Crippen LogP contribution in [-0.2, 0) is 6.18 Å². The number of aliphatic hydroxyl groups excluding tert-OH is 1. The predicted molar refractivity (Wildman–Crippen MR) is 84.2 cm³/mol. The molecule has 0 bridgehead atoms. The predicted octanol–water partition coefficient (Wildman–Crippen LogP) is 2.78. The van der Waals surface area contributed by atoms with Crippen LogP contribution in [0.3, 0.4) is 0 Å². The van der Waals surface area contributed by atoms with Crippen LogP contribution in [0.25, 0.3) is 22.3 Å². The zero-order chi connectivity index (χ0) is 18.2. The summed E-state index contributed by atoms with van der Waals surface area (Å²) in [6, 6.07) is 8.48. The van der Waals surface area contributed by atoms with Crippen molar-refractivity contribution in [2.75, 3.05) is 6.61 Å². The fourth-order valence-corrected chi connectivity index (χ4v) is 2.38. The van der Waals surface area contributed by atoms with Crippen LogP contribution >= 0.6 is 0 Å². The van der Waals surface area contributed by atoms with Gasteiger partial charge in [0.05, 0.1) is 16.5 Å². The summed E-state index contributed by atoms with van der Waals surface area (Å²) in [4.78, 5) is 30.3. The summed E-state index contributed by atoms with van der Waals surface area (Å²) in [6.07, 6.45) is -4.52. The van der Waals surface area contributed by atoms with Crippen molar-refractivity contribution in [1.82, 2.24) is 9.97 Å². The van der Waals surface area contributed by atoms with Crippen molar-refractivity contribution in [3.8, 4) is 11.4 Å². The molecule has 1 aromatic heterocycles. The number of nitrogens with one attached hydrogen (secondary N) is 1. The number of Topliss-reactive ketones (excluding diaryl/α,β-unsaturated/α-hetero) is 1. The third-order valence-electron chi connectivity index (χ3n) is 3.64. The first-order valence-corrected chi connectivity index (χ1v) is 7.15. The normalized spacial score (nSPS) is 11.7. The second-order valence-corrected chi connectivity index (χ2v) is 5.31. The van der Waals surface area contributed by atoms with E-state index in [0.29, 0.717) is 0 Å². The van der Waals surface area contributed by atoms with Gasteiger partial charge >= 0.3 is 6.18 Å². The molecule has 128 valence electrons. The van der Waals surface area contributed by atoms with Crippen LogP contribution in [0.2, 0.25) is 0 Å². The van der Waals surface area contributed by atoms with E-state index in [-0.39, 0.29) is 27.9 Å². The Morgan fingerprint density at radius 2 is 1.92 bits per heavy atom. The molecule has 0 aliphatic carbocycles. The van der Waals surface area contributed by atoms with Gasteiger partial charge in [-0.1, -0.05) is 18.2 Å². The molecule has 0 radical (unpaired) electrons. The van der Waals surface area contributed by atoms with Crippen LogP contribution in [-0.4, -0.2) is 27.5 Å². The summed E-state index contributed by atoms with van der Waals surface area (Å²) in [6.45, 7) is -0.699. The quantitative estimate of drug-likeness (QED) is 0.713. The molecule has 0 amide bonds. The maximum Gasteiger partial charge on any atom is 0.416 e. The molecular weight excluding hydrogens is 337 g/mol. The molecular formula is C17H11F3N2O3. The van der Waals surface area contributed by atoms with Gasteiger partial charge in [-0.25, -0.2) is 4.98 Å². The van der Waals surface area contributed by atoms with Gasteiger partial charge in [0.15, 0.2) is 5.78 Å². The lowest BCUT2D eigenvalue weighted by molar-refractivity contribution is -0.137. The van der Waals surface area contributed by atoms with Crippen LogP contribution in [0.4, 0.5) is 13.2 Å². The number of hydrogen-bond acceptors (Lipinski definition) is 4. The highest BCUT2D eigenvalue weighted by Crippen LogP contribution is 2.31. The zero-order valence-corrected chi connectivity index (χ0v) is 12.6. The minimum Gasteiger partial charge on any atom is -0.388 e. The van der Waals surface area contributed by atoms with Gasteiger partial charge in [-0.15, -0.1) is 0 Å². The van der Waals surface area contributed by atoms with Crippen molar-refractivity contribution in [2.45, 2.75) is 6.18 Å². The van der Waals surface area contributed by atoms with Gasteiger partial charge in [0.25, 0.3) is 5.56 Å². The molecule has 8 heteroatoms. The van der Waals surface area contributed by atoms with E-state index in [9.17, 15) is 22.8 Å². The molecule has 0 saturated heterocycles. The van der Waals surface area contributed by atoms with Crippen LogP contribution in [0.1, 0.15) is 15.9 Å². The molecule has 0 atom stereocenters. The maximum atomic E-state index is 12.8. The Morgan fingerprint density at radius 3 is 2.60 bits per heavy atom. The van der Waals surface area contributed by atoms with Gasteiger partial charge in [0.2, 0.25) is 0 Å². The van der Waals surface area contributed by atoms with E-state index in [2.05, 4.69) is 9.97 Å². The lowest BCUT2D eigenvalue weighted by Crippen LogP contribution is -2.12. The lowest BCUT2D eigenvalue weighted by Gasteiger charge is -2.09. The Kier molecular flexibility index (Phi) is 4.13.